The van der Waals surface area contributed by atoms with Gasteiger partial charge in [-0.05, 0) is 35.8 Å². The highest BCUT2D eigenvalue weighted by atomic mass is 32.2. The van der Waals surface area contributed by atoms with Gasteiger partial charge in [-0.15, -0.1) is 30.1 Å². The summed E-state index contributed by atoms with van der Waals surface area (Å²) in [4.78, 5) is 0. The SMILES string of the molecule is C=C[C@@H](CC=C1SCCCS1)[C@H](OCOCc1ccccc1)C(C)C. The molecule has 2 nitrogen and oxygen atoms in total. The molecule has 1 heterocycles. The van der Waals surface area contributed by atoms with Crippen LogP contribution < -0.4 is 0 Å². The summed E-state index contributed by atoms with van der Waals surface area (Å²) in [6.45, 7) is 9.35. The van der Waals surface area contributed by atoms with Crippen molar-refractivity contribution in [2.45, 2.75) is 39.4 Å². The van der Waals surface area contributed by atoms with Gasteiger partial charge in [0, 0.05) is 10.2 Å². The van der Waals surface area contributed by atoms with Gasteiger partial charge in [-0.25, -0.2) is 0 Å². The van der Waals surface area contributed by atoms with E-state index >= 15 is 0 Å². The lowest BCUT2D eigenvalue weighted by Crippen LogP contribution is -2.29. The summed E-state index contributed by atoms with van der Waals surface area (Å²) in [5.41, 5.74) is 1.17. The topological polar surface area (TPSA) is 18.5 Å². The van der Waals surface area contributed by atoms with Gasteiger partial charge in [-0.3, -0.25) is 0 Å². The molecular formula is C21H30O2S2. The fraction of sp³-hybridized carbons (Fsp3) is 0.524. The van der Waals surface area contributed by atoms with Crippen LogP contribution in [-0.2, 0) is 16.1 Å². The summed E-state index contributed by atoms with van der Waals surface area (Å²) in [6.07, 6.45) is 6.83. The third-order valence-corrected chi connectivity index (χ3v) is 6.77. The Kier molecular flexibility index (Phi) is 9.77. The van der Waals surface area contributed by atoms with E-state index in [1.807, 2.05) is 47.8 Å². The molecule has 25 heavy (non-hydrogen) atoms. The maximum Gasteiger partial charge on any atom is 0.147 e. The van der Waals surface area contributed by atoms with Crippen LogP contribution in [0.5, 0.6) is 0 Å². The van der Waals surface area contributed by atoms with E-state index < -0.39 is 0 Å². The van der Waals surface area contributed by atoms with Crippen LogP contribution >= 0.6 is 23.5 Å². The second-order valence-corrected chi connectivity index (χ2v) is 9.07. The zero-order valence-corrected chi connectivity index (χ0v) is 17.0. The molecule has 0 radical (unpaired) electrons. The second-order valence-electron chi connectivity index (χ2n) is 6.54. The highest BCUT2D eigenvalue weighted by Crippen LogP contribution is 2.35. The minimum absolute atomic E-state index is 0.128. The number of allylic oxidation sites excluding steroid dienone is 1. The van der Waals surface area contributed by atoms with Gasteiger partial charge in [-0.2, -0.15) is 0 Å². The van der Waals surface area contributed by atoms with Crippen molar-refractivity contribution >= 4 is 23.5 Å². The molecule has 0 aliphatic carbocycles. The van der Waals surface area contributed by atoms with Crippen LogP contribution in [0.15, 0.2) is 53.3 Å². The fourth-order valence-corrected chi connectivity index (χ4v) is 5.26. The van der Waals surface area contributed by atoms with Crippen LogP contribution in [0.3, 0.4) is 0 Å². The molecule has 1 aliphatic heterocycles. The van der Waals surface area contributed by atoms with Gasteiger partial charge in [0.1, 0.15) is 6.79 Å². The van der Waals surface area contributed by atoms with Crippen LogP contribution in [0.4, 0.5) is 0 Å². The normalized spacial score (nSPS) is 17.3. The second kappa shape index (κ2) is 11.8. The first-order valence-electron chi connectivity index (χ1n) is 9.02. The molecule has 0 N–H and O–H groups in total. The number of ether oxygens (including phenoxy) is 2. The number of benzene rings is 1. The van der Waals surface area contributed by atoms with Gasteiger partial charge in [0.25, 0.3) is 0 Å². The highest BCUT2D eigenvalue weighted by Gasteiger charge is 2.23. The largest absolute Gasteiger partial charge is 0.351 e. The average Bonchev–Trinajstić information content (AvgIpc) is 2.65. The van der Waals surface area contributed by atoms with Crippen LogP contribution in [-0.4, -0.2) is 24.4 Å². The van der Waals surface area contributed by atoms with Crippen molar-refractivity contribution in [2.24, 2.45) is 11.8 Å². The predicted molar refractivity (Wildman–Crippen MR) is 112 cm³/mol. The zero-order chi connectivity index (χ0) is 17.9. The van der Waals surface area contributed by atoms with E-state index in [0.29, 0.717) is 25.2 Å². The maximum absolute atomic E-state index is 6.08. The Morgan fingerprint density at radius 2 is 1.88 bits per heavy atom. The quantitative estimate of drug-likeness (QED) is 0.278. The summed E-state index contributed by atoms with van der Waals surface area (Å²) >= 11 is 3.96. The minimum Gasteiger partial charge on any atom is -0.351 e. The van der Waals surface area contributed by atoms with Crippen molar-refractivity contribution in [3.8, 4) is 0 Å². The van der Waals surface area contributed by atoms with Crippen LogP contribution in [0.1, 0.15) is 32.3 Å². The molecule has 1 aromatic rings. The lowest BCUT2D eigenvalue weighted by Gasteiger charge is -2.28. The molecule has 0 aromatic heterocycles. The Labute approximate surface area is 161 Å². The van der Waals surface area contributed by atoms with Crippen molar-refractivity contribution in [3.63, 3.8) is 0 Å². The van der Waals surface area contributed by atoms with E-state index in [9.17, 15) is 0 Å². The van der Waals surface area contributed by atoms with E-state index in [1.54, 1.807) is 0 Å². The monoisotopic (exact) mass is 378 g/mol. The molecule has 1 fully saturated rings. The average molecular weight is 379 g/mol. The molecule has 1 aliphatic rings. The number of hydrogen-bond acceptors (Lipinski definition) is 4. The Balaban J connectivity index is 1.81. The van der Waals surface area contributed by atoms with E-state index in [1.165, 1.54) is 27.7 Å². The van der Waals surface area contributed by atoms with Crippen molar-refractivity contribution in [1.29, 1.82) is 0 Å². The van der Waals surface area contributed by atoms with Crippen molar-refractivity contribution < 1.29 is 9.47 Å². The van der Waals surface area contributed by atoms with Crippen molar-refractivity contribution in [2.75, 3.05) is 18.3 Å². The number of hydrogen-bond donors (Lipinski definition) is 0. The summed E-state index contributed by atoms with van der Waals surface area (Å²) in [5, 5.41) is 0. The molecule has 0 spiro atoms. The summed E-state index contributed by atoms with van der Waals surface area (Å²) < 4.78 is 13.3. The molecular weight excluding hydrogens is 348 g/mol. The Morgan fingerprint density at radius 1 is 1.16 bits per heavy atom. The molecule has 0 unspecified atom stereocenters. The van der Waals surface area contributed by atoms with Gasteiger partial charge in [0.05, 0.1) is 12.7 Å². The Hall–Kier alpha value is -0.680. The maximum atomic E-state index is 6.08. The summed E-state index contributed by atoms with van der Waals surface area (Å²) in [6, 6.07) is 10.2. The molecule has 0 bridgehead atoms. The first kappa shape index (κ1) is 20.6. The third-order valence-electron chi connectivity index (χ3n) is 4.17. The Morgan fingerprint density at radius 3 is 2.52 bits per heavy atom. The molecule has 1 aromatic carbocycles. The molecule has 2 rings (SSSR count). The van der Waals surface area contributed by atoms with Crippen LogP contribution in [0.25, 0.3) is 0 Å². The van der Waals surface area contributed by atoms with E-state index in [4.69, 9.17) is 9.47 Å². The van der Waals surface area contributed by atoms with E-state index in [-0.39, 0.29) is 6.10 Å². The van der Waals surface area contributed by atoms with Gasteiger partial charge >= 0.3 is 0 Å². The lowest BCUT2D eigenvalue weighted by atomic mass is 9.90. The van der Waals surface area contributed by atoms with E-state index in [2.05, 4.69) is 38.6 Å². The molecule has 1 saturated heterocycles. The molecule has 138 valence electrons. The first-order valence-corrected chi connectivity index (χ1v) is 11.0. The first-order chi connectivity index (χ1) is 12.2. The number of rotatable bonds is 10. The lowest BCUT2D eigenvalue weighted by molar-refractivity contribution is -0.120. The zero-order valence-electron chi connectivity index (χ0n) is 15.4. The summed E-state index contributed by atoms with van der Waals surface area (Å²) in [7, 11) is 0. The number of thioether (sulfide) groups is 2. The molecule has 4 heteroatoms. The standard InChI is InChI=1S/C21H30O2S2/c1-4-19(11-12-20-24-13-8-14-25-20)21(17(2)3)23-16-22-15-18-9-6-5-7-10-18/h4-7,9-10,12,17,19,21H,1,8,11,13-16H2,2-3H3/t19-,21+/m0/s1. The third kappa shape index (κ3) is 7.61. The van der Waals surface area contributed by atoms with Crippen molar-refractivity contribution in [1.82, 2.24) is 0 Å². The van der Waals surface area contributed by atoms with Crippen molar-refractivity contribution in [3.05, 3.63) is 58.9 Å². The molecule has 2 atom stereocenters. The Bertz CT molecular complexity index is 520. The summed E-state index contributed by atoms with van der Waals surface area (Å²) in [5.74, 6) is 3.23. The van der Waals surface area contributed by atoms with Gasteiger partial charge in [0.15, 0.2) is 0 Å². The molecule has 0 saturated carbocycles. The smallest absolute Gasteiger partial charge is 0.147 e. The molecule has 0 amide bonds. The van der Waals surface area contributed by atoms with E-state index in [0.717, 1.165) is 6.42 Å². The van der Waals surface area contributed by atoms with Gasteiger partial charge in [-0.1, -0.05) is 56.3 Å². The highest BCUT2D eigenvalue weighted by molar-refractivity contribution is 8.22. The van der Waals surface area contributed by atoms with Gasteiger partial charge in [0.2, 0.25) is 0 Å². The van der Waals surface area contributed by atoms with Crippen LogP contribution in [0, 0.1) is 11.8 Å². The minimum atomic E-state index is 0.128. The van der Waals surface area contributed by atoms with Gasteiger partial charge < -0.3 is 9.47 Å². The fourth-order valence-electron chi connectivity index (χ4n) is 2.83. The predicted octanol–water partition coefficient (Wildman–Crippen LogP) is 6.11. The van der Waals surface area contributed by atoms with Crippen LogP contribution in [0.2, 0.25) is 0 Å².